The third kappa shape index (κ3) is 4.24. The molecule has 0 spiro atoms. The van der Waals surface area contributed by atoms with E-state index < -0.39 is 29.2 Å². The van der Waals surface area contributed by atoms with E-state index in [-0.39, 0.29) is 35.2 Å². The van der Waals surface area contributed by atoms with E-state index in [4.69, 9.17) is 9.84 Å². The number of methoxy groups -OCH3 is 1. The number of carboxylic acids is 1. The molecule has 0 fully saturated rings. The van der Waals surface area contributed by atoms with Gasteiger partial charge in [-0.05, 0) is 41.5 Å². The van der Waals surface area contributed by atoms with E-state index in [0.29, 0.717) is 12.2 Å². The minimum Gasteiger partial charge on any atom is -0.496 e. The molecule has 1 aliphatic carbocycles. The van der Waals surface area contributed by atoms with Gasteiger partial charge in [-0.3, -0.25) is 4.79 Å². The highest BCUT2D eigenvalue weighted by Gasteiger charge is 2.41. The van der Waals surface area contributed by atoms with E-state index in [1.807, 2.05) is 0 Å². The van der Waals surface area contributed by atoms with Crippen LogP contribution in [0.25, 0.3) is 5.57 Å². The standard InChI is InChI=1S/C18H13F5O4/c1-27-15-5-4-12(17(19,20)16(25)26)8-14(15)11-2-3-13(18(21,22)23)7-10(6-11)9-24/h2-5,7-9H,6H2,1H3,(H,25,26). The van der Waals surface area contributed by atoms with Crippen LogP contribution in [-0.4, -0.2) is 30.6 Å². The molecule has 0 heterocycles. The Balaban J connectivity index is 2.64. The summed E-state index contributed by atoms with van der Waals surface area (Å²) < 4.78 is 71.6. The lowest BCUT2D eigenvalue weighted by Crippen LogP contribution is -2.25. The smallest absolute Gasteiger partial charge is 0.416 e. The molecule has 2 rings (SSSR count). The highest BCUT2D eigenvalue weighted by atomic mass is 19.4. The van der Waals surface area contributed by atoms with Gasteiger partial charge in [0.05, 0.1) is 12.7 Å². The summed E-state index contributed by atoms with van der Waals surface area (Å²) in [7, 11) is 1.22. The zero-order valence-electron chi connectivity index (χ0n) is 13.8. The minimum atomic E-state index is -4.71. The van der Waals surface area contributed by atoms with Gasteiger partial charge < -0.3 is 9.84 Å². The number of allylic oxidation sites excluding steroid dienone is 6. The quantitative estimate of drug-likeness (QED) is 0.604. The normalized spacial score (nSPS) is 15.3. The number of ether oxygens (including phenoxy) is 1. The summed E-state index contributed by atoms with van der Waals surface area (Å²) in [6.45, 7) is 0. The average Bonchev–Trinajstić information content (AvgIpc) is 2.83. The van der Waals surface area contributed by atoms with Gasteiger partial charge in [-0.25, -0.2) is 4.79 Å². The summed E-state index contributed by atoms with van der Waals surface area (Å²) in [5.41, 5.74) is -2.12. The van der Waals surface area contributed by atoms with Crippen molar-refractivity contribution in [3.05, 3.63) is 58.7 Å². The molecule has 27 heavy (non-hydrogen) atoms. The predicted octanol–water partition coefficient (Wildman–Crippen LogP) is 4.27. The van der Waals surface area contributed by atoms with Crippen molar-refractivity contribution in [2.24, 2.45) is 0 Å². The van der Waals surface area contributed by atoms with Crippen molar-refractivity contribution in [2.75, 3.05) is 7.11 Å². The van der Waals surface area contributed by atoms with Crippen LogP contribution in [0.5, 0.6) is 5.75 Å². The van der Waals surface area contributed by atoms with Gasteiger partial charge in [0, 0.05) is 17.5 Å². The lowest BCUT2D eigenvalue weighted by atomic mass is 9.95. The van der Waals surface area contributed by atoms with E-state index >= 15 is 0 Å². The highest BCUT2D eigenvalue weighted by Crippen LogP contribution is 2.38. The van der Waals surface area contributed by atoms with E-state index in [2.05, 4.69) is 0 Å². The molecule has 0 atom stereocenters. The Labute approximate surface area is 150 Å². The molecule has 0 radical (unpaired) electrons. The molecule has 0 aromatic heterocycles. The summed E-state index contributed by atoms with van der Waals surface area (Å²) in [4.78, 5) is 21.9. The van der Waals surface area contributed by atoms with Gasteiger partial charge in [-0.2, -0.15) is 22.0 Å². The molecule has 0 unspecified atom stereocenters. The molecule has 0 bridgehead atoms. The van der Waals surface area contributed by atoms with Crippen molar-refractivity contribution in [3.8, 4) is 5.75 Å². The first kappa shape index (κ1) is 20.3. The predicted molar refractivity (Wildman–Crippen MR) is 85.4 cm³/mol. The fourth-order valence-electron chi connectivity index (χ4n) is 2.48. The Morgan fingerprint density at radius 1 is 1.19 bits per heavy atom. The molecule has 1 aliphatic rings. The molecule has 1 aromatic carbocycles. The number of hydrogen-bond acceptors (Lipinski definition) is 3. The van der Waals surface area contributed by atoms with Gasteiger partial charge in [0.25, 0.3) is 0 Å². The van der Waals surface area contributed by atoms with Gasteiger partial charge in [0.1, 0.15) is 12.0 Å². The van der Waals surface area contributed by atoms with Crippen LogP contribution in [0.4, 0.5) is 22.0 Å². The van der Waals surface area contributed by atoms with Crippen molar-refractivity contribution in [2.45, 2.75) is 18.5 Å². The van der Waals surface area contributed by atoms with Crippen molar-refractivity contribution in [1.82, 2.24) is 0 Å². The fourth-order valence-corrected chi connectivity index (χ4v) is 2.48. The van der Waals surface area contributed by atoms with Crippen LogP contribution < -0.4 is 4.74 Å². The summed E-state index contributed by atoms with van der Waals surface area (Å²) in [6, 6.07) is 2.76. The van der Waals surface area contributed by atoms with Crippen molar-refractivity contribution < 1.29 is 41.4 Å². The number of alkyl halides is 5. The van der Waals surface area contributed by atoms with Crippen LogP contribution in [0.3, 0.4) is 0 Å². The third-order valence-corrected chi connectivity index (χ3v) is 3.85. The number of benzene rings is 1. The Morgan fingerprint density at radius 3 is 2.37 bits per heavy atom. The third-order valence-electron chi connectivity index (χ3n) is 3.85. The zero-order chi connectivity index (χ0) is 20.4. The summed E-state index contributed by atoms with van der Waals surface area (Å²) in [6.07, 6.45) is -2.33. The van der Waals surface area contributed by atoms with E-state index in [1.54, 1.807) is 0 Å². The maximum absolute atomic E-state index is 13.8. The number of carboxylic acid groups (broad SMARTS) is 1. The van der Waals surface area contributed by atoms with Crippen LogP contribution in [0, 0.1) is 0 Å². The number of aldehydes is 1. The average molecular weight is 388 g/mol. The molecule has 0 saturated heterocycles. The van der Waals surface area contributed by atoms with Crippen molar-refractivity contribution in [3.63, 3.8) is 0 Å². The second-order valence-electron chi connectivity index (χ2n) is 5.62. The van der Waals surface area contributed by atoms with Crippen molar-refractivity contribution >= 4 is 17.8 Å². The van der Waals surface area contributed by atoms with Crippen LogP contribution in [0.15, 0.2) is 47.6 Å². The Hall–Kier alpha value is -2.97. The van der Waals surface area contributed by atoms with Crippen LogP contribution in [0.1, 0.15) is 17.5 Å². The molecule has 0 saturated carbocycles. The first-order valence-corrected chi connectivity index (χ1v) is 7.44. The van der Waals surface area contributed by atoms with E-state index in [9.17, 15) is 31.5 Å². The number of halogens is 5. The summed E-state index contributed by atoms with van der Waals surface area (Å²) in [5, 5.41) is 8.69. The molecule has 144 valence electrons. The second-order valence-corrected chi connectivity index (χ2v) is 5.62. The molecular weight excluding hydrogens is 375 g/mol. The largest absolute Gasteiger partial charge is 0.496 e. The van der Waals surface area contributed by atoms with Gasteiger partial charge in [0.15, 0.2) is 0 Å². The second kappa shape index (κ2) is 7.34. The Bertz CT molecular complexity index is 863. The number of rotatable bonds is 5. The van der Waals surface area contributed by atoms with E-state index in [0.717, 1.165) is 24.3 Å². The van der Waals surface area contributed by atoms with Gasteiger partial charge in [0.2, 0.25) is 0 Å². The molecule has 0 amide bonds. The summed E-state index contributed by atoms with van der Waals surface area (Å²) >= 11 is 0. The molecule has 1 N–H and O–H groups in total. The molecule has 0 aliphatic heterocycles. The number of hydrogen-bond donors (Lipinski definition) is 1. The van der Waals surface area contributed by atoms with Gasteiger partial charge >= 0.3 is 18.1 Å². The minimum absolute atomic E-state index is 0.0386. The van der Waals surface area contributed by atoms with Crippen LogP contribution >= 0.6 is 0 Å². The monoisotopic (exact) mass is 388 g/mol. The first-order chi connectivity index (χ1) is 12.5. The lowest BCUT2D eigenvalue weighted by Gasteiger charge is -2.17. The Kier molecular flexibility index (Phi) is 5.53. The highest BCUT2D eigenvalue weighted by molar-refractivity contribution is 5.85. The first-order valence-electron chi connectivity index (χ1n) is 7.44. The molecule has 4 nitrogen and oxygen atoms in total. The van der Waals surface area contributed by atoms with Crippen LogP contribution in [0.2, 0.25) is 0 Å². The molecule has 9 heteroatoms. The number of carbonyl (C=O) groups excluding carboxylic acids is 1. The molecule has 1 aromatic rings. The topological polar surface area (TPSA) is 63.6 Å². The SMILES string of the molecule is COc1ccc(C(F)(F)C(=O)O)cc1C1=CC=C(C(F)(F)F)C=C(C=O)C1. The Morgan fingerprint density at radius 2 is 1.85 bits per heavy atom. The maximum Gasteiger partial charge on any atom is 0.416 e. The summed E-state index contributed by atoms with van der Waals surface area (Å²) in [5.74, 6) is -6.54. The van der Waals surface area contributed by atoms with Gasteiger partial charge in [-0.1, -0.05) is 6.08 Å². The maximum atomic E-state index is 13.8. The van der Waals surface area contributed by atoms with Crippen molar-refractivity contribution in [1.29, 1.82) is 0 Å². The lowest BCUT2D eigenvalue weighted by molar-refractivity contribution is -0.166. The fraction of sp³-hybridized carbons (Fsp3) is 0.222. The van der Waals surface area contributed by atoms with Crippen LogP contribution in [-0.2, 0) is 15.5 Å². The van der Waals surface area contributed by atoms with Gasteiger partial charge in [-0.15, -0.1) is 0 Å². The number of carbonyl (C=O) groups is 2. The number of aliphatic carboxylic acids is 1. The molecular formula is C18H13F5O4. The zero-order valence-corrected chi connectivity index (χ0v) is 13.8. The van der Waals surface area contributed by atoms with E-state index in [1.165, 1.54) is 7.11 Å².